The Kier molecular flexibility index (Phi) is 40.1. The van der Waals surface area contributed by atoms with Crippen molar-refractivity contribution in [2.45, 2.75) is 205 Å². The molecule has 8 atom stereocenters. The molecule has 9 rings (SSSR count). The molecule has 3 fully saturated rings. The van der Waals surface area contributed by atoms with Gasteiger partial charge >= 0.3 is 54.1 Å². The average Bonchev–Trinajstić information content (AvgIpc) is 0.805. The maximum atomic E-state index is 13.3. The topological polar surface area (TPSA) is 361 Å². The third-order valence-electron chi connectivity index (χ3n) is 18.8. The van der Waals surface area contributed by atoms with E-state index in [1.165, 1.54) is 68.8 Å². The molecule has 6 heterocycles. The van der Waals surface area contributed by atoms with Crippen molar-refractivity contribution in [3.05, 3.63) is 198 Å². The number of ether oxygens (including phenoxy) is 8. The first kappa shape index (κ1) is 98.3. The van der Waals surface area contributed by atoms with Gasteiger partial charge in [0.1, 0.15) is 46.1 Å². The van der Waals surface area contributed by atoms with Gasteiger partial charge in [-0.15, -0.1) is 0 Å². The molecule has 8 unspecified atom stereocenters. The summed E-state index contributed by atoms with van der Waals surface area (Å²) in [5.41, 5.74) is 1.55. The van der Waals surface area contributed by atoms with Crippen LogP contribution in [-0.2, 0) is 91.6 Å². The average molecular weight is 1690 g/mol. The van der Waals surface area contributed by atoms with Crippen LogP contribution in [0.25, 0.3) is 0 Å². The highest BCUT2D eigenvalue weighted by Crippen LogP contribution is 2.36. The molecule has 0 spiro atoms. The van der Waals surface area contributed by atoms with Crippen LogP contribution in [0, 0.1) is 0 Å². The molecule has 3 aliphatic rings. The number of piperidine rings is 3. The number of methoxy groups -OCH3 is 3. The zero-order chi connectivity index (χ0) is 83.2. The molecule has 0 saturated carbocycles. The van der Waals surface area contributed by atoms with Gasteiger partial charge in [0, 0.05) is 37.8 Å². The number of aromatic nitrogens is 3. The van der Waals surface area contributed by atoms with Crippen molar-refractivity contribution in [2.75, 3.05) is 41.0 Å². The summed E-state index contributed by atoms with van der Waals surface area (Å²) in [6.45, 7) is 13.8. The van der Waals surface area contributed by atoms with Gasteiger partial charge in [-0.05, 0) is 148 Å². The lowest BCUT2D eigenvalue weighted by Crippen LogP contribution is -3.00. The van der Waals surface area contributed by atoms with Crippen LogP contribution in [0.2, 0.25) is 0 Å². The van der Waals surface area contributed by atoms with Crippen LogP contribution >= 0.6 is 0 Å². The van der Waals surface area contributed by atoms with E-state index in [-0.39, 0.29) is 86.3 Å². The summed E-state index contributed by atoms with van der Waals surface area (Å²) >= 11 is 0. The van der Waals surface area contributed by atoms with Gasteiger partial charge in [0.25, 0.3) is 32.0 Å². The molecule has 0 aliphatic carbocycles. The van der Waals surface area contributed by atoms with E-state index in [2.05, 4.69) is 10.6 Å². The SMILES string of the molecule is COC(=O)C(c1ccccc1)C1CCCCN1C(=O)OC[n+]1cccc(C(=O)NC(CC(=O)O)C(C)=O)c1.COC(=O)C(c1ccccc1)C1CCCCN1C(=O)OC[n+]1cccc(C(=O)NC(CC(=O)OC(C)(C)C)C(=O)OC(C)(C)C)c1.COC(=O)C(c1ccccc1)C1CCCCN1C(=O)OC[n+]1cccc(C(C)=O)c1.[Cl-].[Cl-].[Cl-]. The molecule has 3 aliphatic heterocycles. The summed E-state index contributed by atoms with van der Waals surface area (Å²) in [7, 11) is 4.02. The number of aliphatic carboxylic acids is 1. The van der Waals surface area contributed by atoms with Gasteiger partial charge in [0.2, 0.25) is 0 Å². The highest BCUT2D eigenvalue weighted by Gasteiger charge is 2.43. The number of rotatable bonds is 26. The Bertz CT molecular complexity index is 4320. The molecule has 634 valence electrons. The molecule has 0 radical (unpaired) electrons. The summed E-state index contributed by atoms with van der Waals surface area (Å²) < 4.78 is 47.3. The number of carboxylic acids is 1. The predicted octanol–water partition coefficient (Wildman–Crippen LogP) is 0.187. The van der Waals surface area contributed by atoms with Gasteiger partial charge in [0.15, 0.2) is 48.7 Å². The number of hydrogen-bond donors (Lipinski definition) is 3. The zero-order valence-electron chi connectivity index (χ0n) is 67.6. The van der Waals surface area contributed by atoms with Crippen molar-refractivity contribution in [3.63, 3.8) is 0 Å². The molecule has 0 bridgehead atoms. The third-order valence-corrected chi connectivity index (χ3v) is 18.8. The highest BCUT2D eigenvalue weighted by atomic mass is 35.5. The van der Waals surface area contributed by atoms with Crippen molar-refractivity contribution >= 4 is 77.5 Å². The number of carboxylic acid groups (broad SMARTS) is 1. The van der Waals surface area contributed by atoms with Crippen LogP contribution < -0.4 is 61.6 Å². The van der Waals surface area contributed by atoms with Gasteiger partial charge in [-0.1, -0.05) is 91.0 Å². The number of nitrogens with one attached hydrogen (secondary N) is 2. The molecular weight excluding hydrogens is 1580 g/mol. The van der Waals surface area contributed by atoms with Gasteiger partial charge in [-0.2, -0.15) is 13.7 Å². The lowest BCUT2D eigenvalue weighted by Gasteiger charge is -2.38. The fourth-order valence-corrected chi connectivity index (χ4v) is 13.5. The first-order valence-corrected chi connectivity index (χ1v) is 37.8. The Labute approximate surface area is 699 Å². The normalized spacial score (nSPS) is 16.2. The van der Waals surface area contributed by atoms with Crippen LogP contribution in [0.4, 0.5) is 14.4 Å². The van der Waals surface area contributed by atoms with Crippen molar-refractivity contribution in [1.29, 1.82) is 0 Å². The van der Waals surface area contributed by atoms with Gasteiger partial charge in [0.05, 0.1) is 63.9 Å². The molecule has 5 amide bonds. The van der Waals surface area contributed by atoms with E-state index in [4.69, 9.17) is 43.0 Å². The number of carbonyl (C=O) groups excluding carboxylic acids is 12. The number of ketones is 2. The van der Waals surface area contributed by atoms with Crippen LogP contribution in [0.15, 0.2) is 165 Å². The highest BCUT2D eigenvalue weighted by molar-refractivity contribution is 5.99. The molecular formula is C84H105Cl3N8O22. The zero-order valence-corrected chi connectivity index (χ0v) is 69.8. The van der Waals surface area contributed by atoms with Crippen molar-refractivity contribution in [2.24, 2.45) is 0 Å². The molecule has 3 aromatic carbocycles. The predicted molar refractivity (Wildman–Crippen MR) is 408 cm³/mol. The molecule has 33 heteroatoms. The maximum absolute atomic E-state index is 13.3. The van der Waals surface area contributed by atoms with Crippen LogP contribution in [-0.4, -0.2) is 180 Å². The van der Waals surface area contributed by atoms with E-state index in [1.807, 2.05) is 91.0 Å². The van der Waals surface area contributed by atoms with Crippen molar-refractivity contribution in [1.82, 2.24) is 25.3 Å². The van der Waals surface area contributed by atoms with Gasteiger partial charge in [-0.3, -0.25) is 43.2 Å². The standard InChI is InChI=1S/C34H45N3O9.C27H31N3O8.C23H27N2O5.3ClH/c1-33(2,3)45-27(38)20-25(30(40)46-34(4,5)6)35-29(39)24-16-13-18-36(21-24)22-44-32(42)37-19-12-11-17-26(37)28(31(41)43-7)23-14-9-8-10-15-23;1-18(31)21(15-23(32)33)28-25(34)20-11-8-13-29(16-20)17-38-27(36)30-14-7-6-12-22(30)24(26(35)37-2)19-9-4-3-5-10-19;1-17(26)19-11-8-13-24(15-19)16-30-23(28)25-14-7-6-12-20(25)21(22(27)29-2)18-9-4-3-5-10-18;;;/h8-10,13-16,18,21,25-26,28H,11-12,17,19-20,22H2,1-7H3;3-5,8-11,13,16,21-22,24H,6-7,12,14-15,17H2,1-2H3,(H-,28,32,33,34);3-5,8-11,13,15,20-21H,6-7,12,14,16H2,1-2H3;3*1H/q;;+1;;;/p-1. The van der Waals surface area contributed by atoms with Crippen LogP contribution in [0.5, 0.6) is 0 Å². The van der Waals surface area contributed by atoms with Gasteiger partial charge in [-0.25, -0.2) is 19.2 Å². The maximum Gasteiger partial charge on any atom is 0.414 e. The summed E-state index contributed by atoms with van der Waals surface area (Å²) in [6, 6.07) is 33.7. The minimum Gasteiger partial charge on any atom is -1.00 e. The first-order chi connectivity index (χ1) is 54.3. The lowest BCUT2D eigenvalue weighted by atomic mass is 9.85. The van der Waals surface area contributed by atoms with E-state index >= 15 is 0 Å². The molecule has 3 saturated heterocycles. The number of pyridine rings is 3. The Morgan fingerprint density at radius 1 is 0.419 bits per heavy atom. The minimum atomic E-state index is -1.29. The Hall–Kier alpha value is -11.1. The summed E-state index contributed by atoms with van der Waals surface area (Å²) in [4.78, 5) is 168. The molecule has 3 aromatic heterocycles. The lowest BCUT2D eigenvalue weighted by molar-refractivity contribution is -0.727. The number of benzene rings is 3. The van der Waals surface area contributed by atoms with Crippen LogP contribution in [0.1, 0.15) is 192 Å². The van der Waals surface area contributed by atoms with E-state index in [0.717, 1.165) is 55.2 Å². The number of hydrogen-bond acceptors (Lipinski definition) is 21. The summed E-state index contributed by atoms with van der Waals surface area (Å²) in [5.74, 6) is -7.59. The second-order valence-corrected chi connectivity index (χ2v) is 29.6. The van der Waals surface area contributed by atoms with Crippen molar-refractivity contribution in [3.8, 4) is 0 Å². The number of carbonyl (C=O) groups is 13. The molecule has 6 aromatic rings. The summed E-state index contributed by atoms with van der Waals surface area (Å²) in [5, 5.41) is 14.0. The quantitative estimate of drug-likeness (QED) is 0.0282. The number of amides is 5. The van der Waals surface area contributed by atoms with Gasteiger partial charge < -0.3 is 106 Å². The number of likely N-dealkylation sites (tertiary alicyclic amines) is 3. The minimum absolute atomic E-state index is 0. The second kappa shape index (κ2) is 47.8. The van der Waals surface area contributed by atoms with E-state index in [0.29, 0.717) is 44.5 Å². The number of esters is 5. The first-order valence-electron chi connectivity index (χ1n) is 37.8. The Morgan fingerprint density at radius 3 is 1.03 bits per heavy atom. The second-order valence-electron chi connectivity index (χ2n) is 29.6. The largest absolute Gasteiger partial charge is 1.00 e. The number of nitrogens with zero attached hydrogens (tertiary/aromatic N) is 6. The number of Topliss-reactive ketones (excluding diaryl/α,β-unsaturated/α-hetero) is 2. The molecule has 30 nitrogen and oxygen atoms in total. The smallest absolute Gasteiger partial charge is 0.414 e. The summed E-state index contributed by atoms with van der Waals surface area (Å²) in [6.07, 6.45) is 13.7. The fourth-order valence-electron chi connectivity index (χ4n) is 13.5. The van der Waals surface area contributed by atoms with Crippen LogP contribution in [0.3, 0.4) is 0 Å². The Morgan fingerprint density at radius 2 is 0.735 bits per heavy atom. The van der Waals surface area contributed by atoms with E-state index in [1.54, 1.807) is 110 Å². The fraction of sp³-hybridized carbons (Fsp3) is 0.452. The number of halogens is 3. The van der Waals surface area contributed by atoms with E-state index < -0.39 is 132 Å². The Balaban J connectivity index is 0.000000372. The monoisotopic (exact) mass is 1680 g/mol. The van der Waals surface area contributed by atoms with E-state index in [9.17, 15) is 62.3 Å². The van der Waals surface area contributed by atoms with Crippen molar-refractivity contribution < 1.29 is 156 Å². The molecule has 3 N–H and O–H groups in total. The molecule has 117 heavy (non-hydrogen) atoms. The third kappa shape index (κ3) is 30.5.